The second kappa shape index (κ2) is 4.99. The fraction of sp³-hybridized carbons (Fsp3) is 0.182. The Hall–Kier alpha value is -0.920. The van der Waals surface area contributed by atoms with Crippen LogP contribution in [-0.4, -0.2) is 10.1 Å². The summed E-state index contributed by atoms with van der Waals surface area (Å²) in [4.78, 5) is 3.64. The van der Waals surface area contributed by atoms with E-state index < -0.39 is 17.8 Å². The van der Waals surface area contributed by atoms with Gasteiger partial charge in [0.15, 0.2) is 0 Å². The van der Waals surface area contributed by atoms with Gasteiger partial charge in [-0.05, 0) is 39.0 Å². The van der Waals surface area contributed by atoms with E-state index in [1.54, 1.807) is 11.4 Å². The summed E-state index contributed by atoms with van der Waals surface area (Å²) in [7, 11) is 0. The highest BCUT2D eigenvalue weighted by Crippen LogP contribution is 2.37. The molecule has 0 amide bonds. The van der Waals surface area contributed by atoms with E-state index in [1.807, 2.05) is 0 Å². The molecule has 2 aromatic rings. The summed E-state index contributed by atoms with van der Waals surface area (Å²) in [6.45, 7) is 0. The molecule has 2 heterocycles. The normalized spacial score (nSPS) is 13.6. The summed E-state index contributed by atoms with van der Waals surface area (Å²) in [6, 6.07) is 2.45. The van der Waals surface area contributed by atoms with Crippen molar-refractivity contribution >= 4 is 27.3 Å². The quantitative estimate of drug-likeness (QED) is 0.898. The second-order valence-electron chi connectivity index (χ2n) is 3.55. The molecule has 0 spiro atoms. The number of aliphatic hydroxyl groups is 1. The fourth-order valence-corrected chi connectivity index (χ4v) is 2.72. The molecule has 1 atom stereocenters. The number of thiophene rings is 1. The maximum atomic E-state index is 12.8. The first-order chi connectivity index (χ1) is 8.39. The van der Waals surface area contributed by atoms with Gasteiger partial charge in [0.2, 0.25) is 0 Å². The third kappa shape index (κ3) is 2.73. The van der Waals surface area contributed by atoms with Crippen LogP contribution in [0.15, 0.2) is 33.7 Å². The Labute approximate surface area is 113 Å². The van der Waals surface area contributed by atoms with Gasteiger partial charge in [-0.25, -0.2) is 0 Å². The number of aromatic nitrogens is 1. The van der Waals surface area contributed by atoms with Gasteiger partial charge >= 0.3 is 6.18 Å². The highest BCUT2D eigenvalue weighted by molar-refractivity contribution is 9.11. The highest BCUT2D eigenvalue weighted by atomic mass is 79.9. The molecule has 0 aromatic carbocycles. The van der Waals surface area contributed by atoms with Gasteiger partial charge in [0, 0.05) is 18.0 Å². The van der Waals surface area contributed by atoms with Gasteiger partial charge in [0.1, 0.15) is 6.10 Å². The van der Waals surface area contributed by atoms with Gasteiger partial charge < -0.3 is 5.11 Å². The van der Waals surface area contributed by atoms with Gasteiger partial charge in [-0.3, -0.25) is 4.98 Å². The third-order valence-corrected chi connectivity index (χ3v) is 3.88. The van der Waals surface area contributed by atoms with Crippen molar-refractivity contribution < 1.29 is 18.3 Å². The number of hydrogen-bond acceptors (Lipinski definition) is 3. The maximum absolute atomic E-state index is 12.8. The Balaban J connectivity index is 2.45. The van der Waals surface area contributed by atoms with E-state index in [2.05, 4.69) is 20.9 Å². The molecule has 0 bridgehead atoms. The minimum absolute atomic E-state index is 0.240. The number of aliphatic hydroxyl groups excluding tert-OH is 1. The number of nitrogens with zero attached hydrogens (tertiary/aromatic N) is 1. The Morgan fingerprint density at radius 3 is 2.67 bits per heavy atom. The fourth-order valence-electron chi connectivity index (χ4n) is 1.53. The molecule has 1 unspecified atom stereocenters. The van der Waals surface area contributed by atoms with Crippen LogP contribution in [-0.2, 0) is 6.18 Å². The lowest BCUT2D eigenvalue weighted by molar-refractivity contribution is -0.139. The number of rotatable bonds is 2. The van der Waals surface area contributed by atoms with Crippen LogP contribution in [0.25, 0.3) is 0 Å². The summed E-state index contributed by atoms with van der Waals surface area (Å²) in [5.41, 5.74) is -0.701. The summed E-state index contributed by atoms with van der Waals surface area (Å²) < 4.78 is 39.1. The number of hydrogen-bond donors (Lipinski definition) is 1. The van der Waals surface area contributed by atoms with E-state index >= 15 is 0 Å². The molecular formula is C11H7BrF3NOS. The van der Waals surface area contributed by atoms with Gasteiger partial charge in [-0.2, -0.15) is 13.2 Å². The standard InChI is InChI=1S/C11H7BrF3NOS/c12-9-3-6(5-18-9)10(17)7-4-16-2-1-8(7)11(13,14)15/h1-5,10,17H. The van der Waals surface area contributed by atoms with Crippen LogP contribution in [0.3, 0.4) is 0 Å². The van der Waals surface area contributed by atoms with Crippen molar-refractivity contribution in [3.8, 4) is 0 Å². The van der Waals surface area contributed by atoms with E-state index in [0.29, 0.717) is 5.56 Å². The third-order valence-electron chi connectivity index (χ3n) is 2.36. The molecule has 7 heteroatoms. The Morgan fingerprint density at radius 2 is 2.11 bits per heavy atom. The topological polar surface area (TPSA) is 33.1 Å². The molecule has 2 rings (SSSR count). The van der Waals surface area contributed by atoms with Crippen LogP contribution < -0.4 is 0 Å². The first-order valence-electron chi connectivity index (χ1n) is 4.82. The molecule has 0 saturated carbocycles. The van der Waals surface area contributed by atoms with Crippen molar-refractivity contribution in [1.29, 1.82) is 0 Å². The van der Waals surface area contributed by atoms with Crippen LogP contribution in [0.2, 0.25) is 0 Å². The molecule has 1 N–H and O–H groups in total. The van der Waals surface area contributed by atoms with Crippen molar-refractivity contribution in [3.05, 3.63) is 50.4 Å². The first-order valence-corrected chi connectivity index (χ1v) is 6.50. The molecule has 0 aliphatic heterocycles. The Kier molecular flexibility index (Phi) is 3.74. The highest BCUT2D eigenvalue weighted by Gasteiger charge is 2.35. The van der Waals surface area contributed by atoms with Crippen molar-refractivity contribution in [1.82, 2.24) is 4.98 Å². The largest absolute Gasteiger partial charge is 0.416 e. The molecule has 0 saturated heterocycles. The minimum atomic E-state index is -4.51. The monoisotopic (exact) mass is 337 g/mol. The summed E-state index contributed by atoms with van der Waals surface area (Å²) in [6.07, 6.45) is -3.74. The van der Waals surface area contributed by atoms with Crippen molar-refractivity contribution in [2.45, 2.75) is 12.3 Å². The Morgan fingerprint density at radius 1 is 1.39 bits per heavy atom. The summed E-state index contributed by atoms with van der Waals surface area (Å²) >= 11 is 4.50. The molecular weight excluding hydrogens is 331 g/mol. The van der Waals surface area contributed by atoms with Gasteiger partial charge in [0.25, 0.3) is 0 Å². The lowest BCUT2D eigenvalue weighted by atomic mass is 10.0. The molecule has 0 aliphatic rings. The predicted octanol–water partition coefficient (Wildman–Crippen LogP) is 4.01. The molecule has 18 heavy (non-hydrogen) atoms. The average molecular weight is 338 g/mol. The second-order valence-corrected chi connectivity index (χ2v) is 5.84. The zero-order valence-electron chi connectivity index (χ0n) is 8.78. The van der Waals surface area contributed by atoms with Crippen LogP contribution in [0, 0.1) is 0 Å². The first kappa shape index (κ1) is 13.5. The van der Waals surface area contributed by atoms with Crippen LogP contribution in [0.4, 0.5) is 13.2 Å². The molecule has 2 aromatic heterocycles. The van der Waals surface area contributed by atoms with Crippen LogP contribution >= 0.6 is 27.3 Å². The van der Waals surface area contributed by atoms with E-state index in [1.165, 1.54) is 11.3 Å². The Bertz CT molecular complexity index is 555. The van der Waals surface area contributed by atoms with Crippen molar-refractivity contribution in [2.75, 3.05) is 0 Å². The SMILES string of the molecule is OC(c1csc(Br)c1)c1cnccc1C(F)(F)F. The van der Waals surface area contributed by atoms with Gasteiger partial charge in [0.05, 0.1) is 9.35 Å². The number of halogens is 4. The molecule has 96 valence electrons. The maximum Gasteiger partial charge on any atom is 0.416 e. The van der Waals surface area contributed by atoms with E-state index in [0.717, 1.165) is 22.2 Å². The summed E-state index contributed by atoms with van der Waals surface area (Å²) in [5, 5.41) is 11.6. The molecule has 0 aliphatic carbocycles. The van der Waals surface area contributed by atoms with Crippen LogP contribution in [0.1, 0.15) is 22.8 Å². The average Bonchev–Trinajstić information content (AvgIpc) is 2.74. The van der Waals surface area contributed by atoms with Crippen LogP contribution in [0.5, 0.6) is 0 Å². The van der Waals surface area contributed by atoms with E-state index in [9.17, 15) is 18.3 Å². The van der Waals surface area contributed by atoms with Crippen molar-refractivity contribution in [3.63, 3.8) is 0 Å². The van der Waals surface area contributed by atoms with Gasteiger partial charge in [-0.15, -0.1) is 11.3 Å². The van der Waals surface area contributed by atoms with E-state index in [-0.39, 0.29) is 5.56 Å². The lowest BCUT2D eigenvalue weighted by Crippen LogP contribution is -2.12. The minimum Gasteiger partial charge on any atom is -0.384 e. The zero-order chi connectivity index (χ0) is 13.3. The molecule has 0 radical (unpaired) electrons. The lowest BCUT2D eigenvalue weighted by Gasteiger charge is -2.16. The van der Waals surface area contributed by atoms with Crippen molar-refractivity contribution in [2.24, 2.45) is 0 Å². The molecule has 2 nitrogen and oxygen atoms in total. The molecule has 0 fully saturated rings. The number of alkyl halides is 3. The predicted molar refractivity (Wildman–Crippen MR) is 65.3 cm³/mol. The number of pyridine rings is 1. The summed E-state index contributed by atoms with van der Waals surface area (Å²) in [5.74, 6) is 0. The van der Waals surface area contributed by atoms with E-state index in [4.69, 9.17) is 0 Å². The zero-order valence-corrected chi connectivity index (χ0v) is 11.2. The smallest absolute Gasteiger partial charge is 0.384 e. The van der Waals surface area contributed by atoms with Gasteiger partial charge in [-0.1, -0.05) is 0 Å².